The molecule has 0 spiro atoms. The van der Waals surface area contributed by atoms with Crippen LogP contribution in [-0.4, -0.2) is 52.5 Å². The largest absolute Gasteiger partial charge is 0.416 e. The highest BCUT2D eigenvalue weighted by Crippen LogP contribution is 2.35. The summed E-state index contributed by atoms with van der Waals surface area (Å²) in [7, 11) is 4.13. The number of carbonyl (C=O) groups excluding carboxylic acids is 3. The number of halogens is 4. The van der Waals surface area contributed by atoms with Crippen LogP contribution in [0.1, 0.15) is 42.4 Å². The van der Waals surface area contributed by atoms with E-state index in [0.717, 1.165) is 44.4 Å². The van der Waals surface area contributed by atoms with E-state index >= 15 is 0 Å². The van der Waals surface area contributed by atoms with Crippen LogP contribution in [-0.2, 0) is 33.4 Å². The van der Waals surface area contributed by atoms with Gasteiger partial charge in [-0.25, -0.2) is 4.79 Å². The van der Waals surface area contributed by atoms with Crippen molar-refractivity contribution in [1.82, 2.24) is 13.3 Å². The first-order valence-corrected chi connectivity index (χ1v) is 15.9. The number of primary amides is 1. The van der Waals surface area contributed by atoms with Crippen LogP contribution in [0.15, 0.2) is 57.9 Å². The Morgan fingerprint density at radius 3 is 2.30 bits per heavy atom. The molecule has 1 aliphatic carbocycles. The highest BCUT2D eigenvalue weighted by molar-refractivity contribution is 14.1. The number of urea groups is 1. The molecule has 5 N–H and O–H groups in total. The zero-order valence-corrected chi connectivity index (χ0v) is 26.4. The van der Waals surface area contributed by atoms with Crippen LogP contribution in [0.4, 0.5) is 29.3 Å². The molecule has 2 aromatic carbocycles. The average molecular weight is 730 g/mol. The normalized spacial score (nSPS) is 18.5. The van der Waals surface area contributed by atoms with Gasteiger partial charge in [-0.05, 0) is 78.3 Å². The lowest BCUT2D eigenvalue weighted by molar-refractivity contribution is -0.137. The molecule has 4 amide bonds. The van der Waals surface area contributed by atoms with Crippen LogP contribution in [0.25, 0.3) is 0 Å². The van der Waals surface area contributed by atoms with Gasteiger partial charge in [0.25, 0.3) is 0 Å². The number of benzene rings is 2. The molecule has 0 unspecified atom stereocenters. The second-order valence-electron chi connectivity index (χ2n) is 11.1. The first-order chi connectivity index (χ1) is 20.8. The fraction of sp³-hybridized carbons (Fsp3) is 0.414. The number of amides is 4. The van der Waals surface area contributed by atoms with Gasteiger partial charge in [-0.1, -0.05) is 24.3 Å². The third kappa shape index (κ3) is 10.2. The number of hydrogen-bond acceptors (Lipinski definition) is 7. The fourth-order valence-electron chi connectivity index (χ4n) is 5.21. The molecule has 1 saturated carbocycles. The molecule has 1 aliphatic heterocycles. The van der Waals surface area contributed by atoms with Gasteiger partial charge in [0.15, 0.2) is 21.3 Å². The summed E-state index contributed by atoms with van der Waals surface area (Å²) in [6.07, 6.45) is 0.996. The van der Waals surface area contributed by atoms with Crippen LogP contribution >= 0.6 is 21.3 Å². The highest BCUT2D eigenvalue weighted by Gasteiger charge is 2.32. The van der Waals surface area contributed by atoms with Crippen molar-refractivity contribution in [3.8, 4) is 0 Å². The zero-order chi connectivity index (χ0) is 31.9. The molecule has 11 nitrogen and oxygen atoms in total. The Hall–Kier alpha value is -3.73. The van der Waals surface area contributed by atoms with Crippen LogP contribution < -0.4 is 21.7 Å². The number of rotatable bonds is 10. The van der Waals surface area contributed by atoms with E-state index in [-0.39, 0.29) is 36.1 Å². The summed E-state index contributed by atoms with van der Waals surface area (Å²) in [4.78, 5) is 44.1. The van der Waals surface area contributed by atoms with Crippen molar-refractivity contribution in [2.24, 2.45) is 15.0 Å². The minimum Gasteiger partial charge on any atom is -0.369 e. The van der Waals surface area contributed by atoms with Crippen molar-refractivity contribution >= 4 is 50.5 Å². The molecule has 0 aromatic heterocycles. The summed E-state index contributed by atoms with van der Waals surface area (Å²) in [5, 5.41) is 7.35. The van der Waals surface area contributed by atoms with Gasteiger partial charge in [-0.2, -0.15) is 13.2 Å². The standard InChI is InChI=1S/C29H35F3IN7O4/c1-39(2)16-18-6-8-24(9-7-18)40-17-27(44-38-33-40)37-28(43)36-23-14-21(29(30,31)32)13-22(15-23)35-26(42)12-20-5-3-4-19(10-20)11-25(34)41/h3-5,10,13-15,17-18,24H,6-9,11-12,16H2,1-2H3,(H2,34,41)(H,35,42)(H2,36,37,43). The summed E-state index contributed by atoms with van der Waals surface area (Å²) >= 11 is -0.775. The third-order valence-electron chi connectivity index (χ3n) is 7.05. The Morgan fingerprint density at radius 2 is 1.66 bits per heavy atom. The van der Waals surface area contributed by atoms with Crippen LogP contribution in [0.5, 0.6) is 0 Å². The van der Waals surface area contributed by atoms with Crippen LogP contribution in [0, 0.1) is 5.92 Å². The molecule has 0 saturated heterocycles. The second kappa shape index (κ2) is 14.8. The van der Waals surface area contributed by atoms with Crippen molar-refractivity contribution in [2.75, 3.05) is 31.3 Å². The molecule has 1 heterocycles. The lowest BCUT2D eigenvalue weighted by Crippen LogP contribution is -2.35. The van der Waals surface area contributed by atoms with Gasteiger partial charge in [0, 0.05) is 24.0 Å². The summed E-state index contributed by atoms with van der Waals surface area (Å²) in [5.74, 6) is -0.399. The average Bonchev–Trinajstić information content (AvgIpc) is 2.92. The zero-order valence-electron chi connectivity index (χ0n) is 24.3. The van der Waals surface area contributed by atoms with Crippen molar-refractivity contribution in [3.63, 3.8) is 0 Å². The predicted molar refractivity (Wildman–Crippen MR) is 167 cm³/mol. The maximum absolute atomic E-state index is 13.7. The van der Waals surface area contributed by atoms with Crippen molar-refractivity contribution in [1.29, 1.82) is 0 Å². The smallest absolute Gasteiger partial charge is 0.369 e. The highest BCUT2D eigenvalue weighted by atomic mass is 127. The van der Waals surface area contributed by atoms with E-state index in [4.69, 9.17) is 10.6 Å². The predicted octanol–water partition coefficient (Wildman–Crippen LogP) is 5.27. The number of alkyl halides is 3. The van der Waals surface area contributed by atoms with Crippen molar-refractivity contribution in [3.05, 3.63) is 71.2 Å². The Labute approximate surface area is 263 Å². The monoisotopic (exact) mass is 729 g/mol. The maximum Gasteiger partial charge on any atom is 0.416 e. The van der Waals surface area contributed by atoms with E-state index < -0.39 is 50.9 Å². The van der Waals surface area contributed by atoms with Gasteiger partial charge < -0.3 is 29.2 Å². The molecule has 0 bridgehead atoms. The molecule has 238 valence electrons. The SMILES string of the molecule is CN(C)CC1CCC(N2C=C(NC(=O)Nc3cc(NC(=O)Cc4cccc(CC(N)=O)c4)cc(C(F)(F)F)c3)ON=I2)CC1. The van der Waals surface area contributed by atoms with Gasteiger partial charge in [-0.3, -0.25) is 14.9 Å². The van der Waals surface area contributed by atoms with Crippen molar-refractivity contribution in [2.45, 2.75) is 50.7 Å². The molecule has 15 heteroatoms. The molecular weight excluding hydrogens is 694 g/mol. The quantitative estimate of drug-likeness (QED) is 0.194. The summed E-state index contributed by atoms with van der Waals surface area (Å²) < 4.78 is 47.2. The number of nitrogens with zero attached hydrogens (tertiary/aromatic N) is 3. The molecule has 0 atom stereocenters. The molecule has 4 rings (SSSR count). The maximum atomic E-state index is 13.7. The Kier molecular flexibility index (Phi) is 11.2. The van der Waals surface area contributed by atoms with E-state index in [1.54, 1.807) is 30.5 Å². The van der Waals surface area contributed by atoms with E-state index in [1.165, 1.54) is 6.07 Å². The molecule has 2 aliphatic rings. The number of nitrogens with two attached hydrogens (primary N) is 1. The van der Waals surface area contributed by atoms with E-state index in [1.807, 2.05) is 0 Å². The minimum absolute atomic E-state index is 0.00611. The van der Waals surface area contributed by atoms with Gasteiger partial charge in [0.1, 0.15) is 0 Å². The Balaban J connectivity index is 1.39. The van der Waals surface area contributed by atoms with E-state index in [9.17, 15) is 27.6 Å². The van der Waals surface area contributed by atoms with E-state index in [2.05, 4.69) is 41.4 Å². The van der Waals surface area contributed by atoms with Gasteiger partial charge in [0.05, 0.1) is 24.6 Å². The second-order valence-corrected chi connectivity index (χ2v) is 13.0. The van der Waals surface area contributed by atoms with Gasteiger partial charge in [-0.15, -0.1) is 0 Å². The summed E-state index contributed by atoms with van der Waals surface area (Å²) in [6, 6.07) is 8.85. The molecule has 1 fully saturated rings. The Bertz CT molecular complexity index is 1430. The fourth-order valence-corrected chi connectivity index (χ4v) is 7.00. The number of carbonyl (C=O) groups is 3. The lowest BCUT2D eigenvalue weighted by Gasteiger charge is -2.34. The topological polar surface area (TPSA) is 141 Å². The summed E-state index contributed by atoms with van der Waals surface area (Å²) in [6.45, 7) is 1.05. The lowest BCUT2D eigenvalue weighted by atomic mass is 9.86. The molecule has 0 radical (unpaired) electrons. The third-order valence-corrected chi connectivity index (χ3v) is 8.99. The van der Waals surface area contributed by atoms with Gasteiger partial charge in [0.2, 0.25) is 17.7 Å². The first kappa shape index (κ1) is 33.2. The van der Waals surface area contributed by atoms with Crippen molar-refractivity contribution < 1.29 is 32.4 Å². The first-order valence-electron chi connectivity index (χ1n) is 14.0. The number of hydrogen-bond donors (Lipinski definition) is 4. The molecule has 2 aromatic rings. The Morgan fingerprint density at radius 1 is 1.00 bits per heavy atom. The van der Waals surface area contributed by atoms with Crippen LogP contribution in [0.3, 0.4) is 0 Å². The van der Waals surface area contributed by atoms with E-state index in [0.29, 0.717) is 17.0 Å². The van der Waals surface area contributed by atoms with Crippen LogP contribution in [0.2, 0.25) is 0 Å². The number of nitrogens with one attached hydrogen (secondary N) is 3. The van der Waals surface area contributed by atoms with Gasteiger partial charge >= 0.3 is 12.2 Å². The molecular formula is C29H35F3IN7O4. The summed E-state index contributed by atoms with van der Waals surface area (Å²) in [5.41, 5.74) is 4.98. The minimum atomic E-state index is -4.74. The number of anilines is 2. The molecule has 44 heavy (non-hydrogen) atoms.